The van der Waals surface area contributed by atoms with Crippen molar-refractivity contribution in [2.24, 2.45) is 0 Å². The third kappa shape index (κ3) is 5.61. The molecule has 0 aliphatic carbocycles. The van der Waals surface area contributed by atoms with Crippen LogP contribution in [0.3, 0.4) is 0 Å². The van der Waals surface area contributed by atoms with Crippen LogP contribution in [0.25, 0.3) is 11.0 Å². The van der Waals surface area contributed by atoms with Gasteiger partial charge in [-0.3, -0.25) is 0 Å². The Labute approximate surface area is 219 Å². The van der Waals surface area contributed by atoms with E-state index in [1.165, 1.54) is 19.2 Å². The average molecular weight is 521 g/mol. The number of carbonyl (C=O) groups excluding carboxylic acids is 1. The van der Waals surface area contributed by atoms with Gasteiger partial charge in [0.15, 0.2) is 0 Å². The van der Waals surface area contributed by atoms with E-state index in [1.807, 2.05) is 42.3 Å². The largest absolute Gasteiger partial charge is 0.510 e. The minimum absolute atomic E-state index is 0.225. The van der Waals surface area contributed by atoms with E-state index in [1.54, 1.807) is 12.3 Å². The zero-order valence-electron chi connectivity index (χ0n) is 21.3. The Bertz CT molecular complexity index is 1390. The zero-order chi connectivity index (χ0) is 26.5. The summed E-state index contributed by atoms with van der Waals surface area (Å²) in [5, 5.41) is 0. The Hall–Kier alpha value is -4.41. The fraction of sp³-hybridized carbons (Fsp3) is 0.333. The van der Waals surface area contributed by atoms with Gasteiger partial charge in [-0.2, -0.15) is 4.98 Å². The van der Waals surface area contributed by atoms with Crippen LogP contribution in [0.2, 0.25) is 0 Å². The molecular weight excluding hydrogens is 491 g/mol. The van der Waals surface area contributed by atoms with Gasteiger partial charge in [0.2, 0.25) is 24.6 Å². The van der Waals surface area contributed by atoms with Gasteiger partial charge in [-0.25, -0.2) is 19.2 Å². The Morgan fingerprint density at radius 1 is 1.08 bits per heavy atom. The van der Waals surface area contributed by atoms with Crippen molar-refractivity contribution in [3.8, 4) is 5.88 Å². The number of fused-ring (bicyclic) bond motifs is 1. The highest BCUT2D eigenvalue weighted by Crippen LogP contribution is 2.28. The molecule has 11 heteroatoms. The van der Waals surface area contributed by atoms with Gasteiger partial charge in [-0.15, -0.1) is 0 Å². The molecule has 4 aromatic rings. The lowest BCUT2D eigenvalue weighted by atomic mass is 10.0. The quantitative estimate of drug-likeness (QED) is 0.250. The van der Waals surface area contributed by atoms with E-state index < -0.39 is 6.16 Å². The van der Waals surface area contributed by atoms with Crippen LogP contribution in [-0.2, 0) is 16.0 Å². The van der Waals surface area contributed by atoms with E-state index in [9.17, 15) is 9.18 Å². The van der Waals surface area contributed by atoms with Crippen LogP contribution < -0.4 is 14.5 Å². The lowest BCUT2D eigenvalue weighted by Gasteiger charge is -2.37. The average Bonchev–Trinajstić information content (AvgIpc) is 3.32. The zero-order valence-corrected chi connectivity index (χ0v) is 21.3. The summed E-state index contributed by atoms with van der Waals surface area (Å²) in [5.41, 5.74) is 3.00. The van der Waals surface area contributed by atoms with Crippen LogP contribution in [0.15, 0.2) is 60.8 Å². The molecule has 5 rings (SSSR count). The molecule has 0 amide bonds. The Morgan fingerprint density at radius 2 is 1.84 bits per heavy atom. The number of nitrogens with zero attached hydrogens (tertiary/aromatic N) is 6. The van der Waals surface area contributed by atoms with Gasteiger partial charge < -0.3 is 28.6 Å². The van der Waals surface area contributed by atoms with E-state index in [2.05, 4.69) is 30.2 Å². The molecule has 1 aliphatic rings. The summed E-state index contributed by atoms with van der Waals surface area (Å²) in [6.45, 7) is 1.93. The third-order valence-corrected chi connectivity index (χ3v) is 6.67. The molecule has 2 aromatic heterocycles. The summed E-state index contributed by atoms with van der Waals surface area (Å²) < 4.78 is 30.2. The van der Waals surface area contributed by atoms with E-state index in [-0.39, 0.29) is 18.7 Å². The molecular formula is C27H29FN6O4. The molecule has 2 aromatic carbocycles. The number of ether oxygens (including phenoxy) is 3. The molecule has 0 atom stereocenters. The summed E-state index contributed by atoms with van der Waals surface area (Å²) in [6, 6.07) is 16.5. The molecule has 0 saturated carbocycles. The lowest BCUT2D eigenvalue weighted by Crippen LogP contribution is -2.44. The first-order chi connectivity index (χ1) is 18.5. The van der Waals surface area contributed by atoms with Gasteiger partial charge in [-0.1, -0.05) is 24.3 Å². The van der Waals surface area contributed by atoms with E-state index >= 15 is 0 Å². The number of imidazole rings is 1. The molecule has 1 aliphatic heterocycles. The fourth-order valence-electron chi connectivity index (χ4n) is 4.63. The van der Waals surface area contributed by atoms with Gasteiger partial charge in [-0.05, 0) is 42.7 Å². The van der Waals surface area contributed by atoms with Crippen molar-refractivity contribution >= 4 is 29.1 Å². The number of hydrogen-bond donors (Lipinski definition) is 0. The van der Waals surface area contributed by atoms with Crippen LogP contribution in [0, 0.1) is 5.82 Å². The predicted octanol–water partition coefficient (Wildman–Crippen LogP) is 4.24. The van der Waals surface area contributed by atoms with E-state index in [0.29, 0.717) is 18.4 Å². The number of rotatable bonds is 8. The van der Waals surface area contributed by atoms with Crippen molar-refractivity contribution in [3.63, 3.8) is 0 Å². The first-order valence-corrected chi connectivity index (χ1v) is 12.4. The molecule has 0 radical (unpaired) electrons. The maximum atomic E-state index is 13.5. The number of hydrogen-bond acceptors (Lipinski definition) is 9. The highest BCUT2D eigenvalue weighted by atomic mass is 19.1. The fourth-order valence-corrected chi connectivity index (χ4v) is 4.63. The summed E-state index contributed by atoms with van der Waals surface area (Å²) in [4.78, 5) is 29.2. The van der Waals surface area contributed by atoms with Crippen molar-refractivity contribution in [2.75, 3.05) is 43.8 Å². The van der Waals surface area contributed by atoms with Gasteiger partial charge >= 0.3 is 6.16 Å². The van der Waals surface area contributed by atoms with Crippen LogP contribution in [0.5, 0.6) is 5.88 Å². The maximum Gasteiger partial charge on any atom is 0.510 e. The second-order valence-electron chi connectivity index (χ2n) is 9.00. The van der Waals surface area contributed by atoms with Crippen LogP contribution in [-0.4, -0.2) is 65.8 Å². The van der Waals surface area contributed by atoms with Gasteiger partial charge in [0.1, 0.15) is 5.82 Å². The molecule has 1 saturated heterocycles. The standard InChI is InChI=1S/C27H29FN6O4/c1-32(25-29-14-11-24(31-25)37-18-38-27(35)36-2)21-12-15-33(16-13-21)26-30-22-5-3-4-6-23(22)34(26)17-19-7-9-20(28)10-8-19/h3-11,14,21H,12-13,15-18H2,1-2H3. The third-order valence-electron chi connectivity index (χ3n) is 6.67. The van der Waals surface area contributed by atoms with Gasteiger partial charge in [0, 0.05) is 38.4 Å². The number of anilines is 2. The summed E-state index contributed by atoms with van der Waals surface area (Å²) >= 11 is 0. The highest BCUT2D eigenvalue weighted by molar-refractivity contribution is 5.79. The number of methoxy groups -OCH3 is 1. The molecule has 3 heterocycles. The van der Waals surface area contributed by atoms with Crippen molar-refractivity contribution in [3.05, 3.63) is 72.2 Å². The van der Waals surface area contributed by atoms with Crippen molar-refractivity contribution in [1.29, 1.82) is 0 Å². The van der Waals surface area contributed by atoms with Gasteiger partial charge in [0.05, 0.1) is 24.7 Å². The highest BCUT2D eigenvalue weighted by Gasteiger charge is 2.27. The van der Waals surface area contributed by atoms with Crippen molar-refractivity contribution < 1.29 is 23.4 Å². The van der Waals surface area contributed by atoms with E-state index in [0.717, 1.165) is 48.5 Å². The Morgan fingerprint density at radius 3 is 2.61 bits per heavy atom. The smallest absolute Gasteiger partial charge is 0.440 e. The number of para-hydroxylation sites is 2. The monoisotopic (exact) mass is 520 g/mol. The molecule has 0 unspecified atom stereocenters. The normalized spacial score (nSPS) is 13.9. The Balaban J connectivity index is 1.27. The minimum Gasteiger partial charge on any atom is -0.440 e. The van der Waals surface area contributed by atoms with Crippen LogP contribution in [0.4, 0.5) is 21.1 Å². The van der Waals surface area contributed by atoms with E-state index in [4.69, 9.17) is 14.5 Å². The molecule has 10 nitrogen and oxygen atoms in total. The molecule has 1 fully saturated rings. The molecule has 0 N–H and O–H groups in total. The minimum atomic E-state index is -0.825. The summed E-state index contributed by atoms with van der Waals surface area (Å²) in [5.74, 6) is 1.50. The summed E-state index contributed by atoms with van der Waals surface area (Å²) in [6.07, 6.45) is 2.56. The number of benzene rings is 2. The van der Waals surface area contributed by atoms with Gasteiger partial charge in [0.25, 0.3) is 0 Å². The maximum absolute atomic E-state index is 13.5. The van der Waals surface area contributed by atoms with Crippen LogP contribution in [0.1, 0.15) is 18.4 Å². The Kier molecular flexibility index (Phi) is 7.52. The molecule has 0 spiro atoms. The van der Waals surface area contributed by atoms with Crippen molar-refractivity contribution in [1.82, 2.24) is 19.5 Å². The second kappa shape index (κ2) is 11.3. The number of halogens is 1. The number of carbonyl (C=O) groups is 1. The molecule has 198 valence electrons. The molecule has 0 bridgehead atoms. The molecule has 38 heavy (non-hydrogen) atoms. The van der Waals surface area contributed by atoms with Crippen LogP contribution >= 0.6 is 0 Å². The topological polar surface area (TPSA) is 94.8 Å². The predicted molar refractivity (Wildman–Crippen MR) is 140 cm³/mol. The van der Waals surface area contributed by atoms with Crippen molar-refractivity contribution in [2.45, 2.75) is 25.4 Å². The SMILES string of the molecule is COC(=O)OCOc1ccnc(N(C)C2CCN(c3nc4ccccc4n3Cc3ccc(F)cc3)CC2)n1. The first-order valence-electron chi connectivity index (χ1n) is 12.4. The number of aromatic nitrogens is 4. The lowest BCUT2D eigenvalue weighted by molar-refractivity contribution is 0.0133. The first kappa shape index (κ1) is 25.2. The number of piperidine rings is 1. The second-order valence-corrected chi connectivity index (χ2v) is 9.00. The summed E-state index contributed by atoms with van der Waals surface area (Å²) in [7, 11) is 3.20.